The Morgan fingerprint density at radius 3 is 2.35 bits per heavy atom. The molecule has 0 saturated heterocycles. The van der Waals surface area contributed by atoms with Gasteiger partial charge in [-0.2, -0.15) is 0 Å². The second-order valence-electron chi connectivity index (χ2n) is 3.17. The van der Waals surface area contributed by atoms with Crippen molar-refractivity contribution < 1.29 is 12.8 Å². The number of hydrogen-bond donors (Lipinski definition) is 1. The first-order chi connectivity index (χ1) is 7.99. The maximum absolute atomic E-state index is 12.7. The number of rotatable bonds is 3. The second-order valence-corrected chi connectivity index (χ2v) is 6.82. The molecule has 0 aliphatic carbocycles. The van der Waals surface area contributed by atoms with E-state index >= 15 is 0 Å². The highest BCUT2D eigenvalue weighted by atomic mass is 79.9. The molecule has 1 heterocycles. The van der Waals surface area contributed by atoms with Gasteiger partial charge in [-0.3, -0.25) is 4.72 Å². The van der Waals surface area contributed by atoms with Gasteiger partial charge in [0.05, 0.1) is 0 Å². The molecule has 3 nitrogen and oxygen atoms in total. The van der Waals surface area contributed by atoms with Crippen LogP contribution < -0.4 is 4.72 Å². The van der Waals surface area contributed by atoms with Crippen molar-refractivity contribution in [2.24, 2.45) is 0 Å². The number of anilines is 1. The zero-order chi connectivity index (χ0) is 12.5. The van der Waals surface area contributed by atoms with Crippen molar-refractivity contribution in [3.05, 3.63) is 46.0 Å². The lowest BCUT2D eigenvalue weighted by Gasteiger charge is -2.06. The summed E-state index contributed by atoms with van der Waals surface area (Å²) in [4.78, 5) is 0. The molecule has 2 rings (SSSR count). The molecule has 0 unspecified atom stereocenters. The molecule has 0 fully saturated rings. The molecule has 0 bridgehead atoms. The highest BCUT2D eigenvalue weighted by molar-refractivity contribution is 9.10. The standard InChI is InChI=1S/C10H7BrFNO2S2/c11-9-5-6-16-10(9)17(14,15)13-8-3-1-7(12)2-4-8/h1-6,13H. The van der Waals surface area contributed by atoms with E-state index in [1.165, 1.54) is 24.3 Å². The molecule has 90 valence electrons. The van der Waals surface area contributed by atoms with Crippen molar-refractivity contribution >= 4 is 43.0 Å². The first-order valence-electron chi connectivity index (χ1n) is 4.50. The van der Waals surface area contributed by atoms with Crippen molar-refractivity contribution in [2.75, 3.05) is 4.72 Å². The largest absolute Gasteiger partial charge is 0.279 e. The van der Waals surface area contributed by atoms with E-state index in [4.69, 9.17) is 0 Å². The number of nitrogens with one attached hydrogen (secondary N) is 1. The van der Waals surface area contributed by atoms with Gasteiger partial charge in [0.15, 0.2) is 4.21 Å². The molecule has 1 aromatic heterocycles. The van der Waals surface area contributed by atoms with Gasteiger partial charge in [-0.25, -0.2) is 12.8 Å². The summed E-state index contributed by atoms with van der Waals surface area (Å²) in [6, 6.07) is 6.79. The highest BCUT2D eigenvalue weighted by Crippen LogP contribution is 2.29. The Bertz CT molecular complexity index is 622. The highest BCUT2D eigenvalue weighted by Gasteiger charge is 2.19. The van der Waals surface area contributed by atoms with Gasteiger partial charge in [-0.15, -0.1) is 11.3 Å². The van der Waals surface area contributed by atoms with E-state index in [1.54, 1.807) is 11.4 Å². The molecule has 0 amide bonds. The minimum atomic E-state index is -3.61. The zero-order valence-corrected chi connectivity index (χ0v) is 11.6. The smallest absolute Gasteiger partial charge is 0.272 e. The van der Waals surface area contributed by atoms with E-state index in [9.17, 15) is 12.8 Å². The number of halogens is 2. The molecule has 0 aliphatic rings. The van der Waals surface area contributed by atoms with Crippen molar-refractivity contribution in [2.45, 2.75) is 4.21 Å². The van der Waals surface area contributed by atoms with Gasteiger partial charge < -0.3 is 0 Å². The lowest BCUT2D eigenvalue weighted by atomic mass is 10.3. The van der Waals surface area contributed by atoms with Crippen LogP contribution in [0.25, 0.3) is 0 Å². The maximum atomic E-state index is 12.7. The lowest BCUT2D eigenvalue weighted by Crippen LogP contribution is -2.11. The van der Waals surface area contributed by atoms with Gasteiger partial charge in [0.2, 0.25) is 0 Å². The minimum absolute atomic E-state index is 0.196. The van der Waals surface area contributed by atoms with E-state index < -0.39 is 15.8 Å². The van der Waals surface area contributed by atoms with Gasteiger partial charge >= 0.3 is 0 Å². The SMILES string of the molecule is O=S(=O)(Nc1ccc(F)cc1)c1sccc1Br. The summed E-state index contributed by atoms with van der Waals surface area (Å²) in [5.41, 5.74) is 0.326. The summed E-state index contributed by atoms with van der Waals surface area (Å²) < 4.78 is 39.6. The fraction of sp³-hybridized carbons (Fsp3) is 0. The normalized spacial score (nSPS) is 11.4. The summed E-state index contributed by atoms with van der Waals surface area (Å²) >= 11 is 4.27. The molecular formula is C10H7BrFNO2S2. The molecule has 0 spiro atoms. The van der Waals surface area contributed by atoms with Crippen LogP contribution in [0.4, 0.5) is 10.1 Å². The Labute approximate surface area is 110 Å². The predicted octanol–water partition coefficient (Wildman–Crippen LogP) is 3.45. The van der Waals surface area contributed by atoms with Crippen LogP contribution in [0, 0.1) is 5.82 Å². The molecule has 2 aromatic rings. The summed E-state index contributed by atoms with van der Waals surface area (Å²) in [7, 11) is -3.61. The van der Waals surface area contributed by atoms with Gasteiger partial charge in [0.25, 0.3) is 10.0 Å². The molecular weight excluding hydrogens is 329 g/mol. The minimum Gasteiger partial charge on any atom is -0.279 e. The summed E-state index contributed by atoms with van der Waals surface area (Å²) in [6.07, 6.45) is 0. The first-order valence-corrected chi connectivity index (χ1v) is 7.66. The third-order valence-corrected chi connectivity index (χ3v) is 5.98. The van der Waals surface area contributed by atoms with Crippen molar-refractivity contribution in [1.82, 2.24) is 0 Å². The van der Waals surface area contributed by atoms with Gasteiger partial charge in [-0.05, 0) is 51.6 Å². The van der Waals surface area contributed by atoms with E-state index in [0.29, 0.717) is 10.2 Å². The van der Waals surface area contributed by atoms with E-state index in [1.807, 2.05) is 0 Å². The van der Waals surface area contributed by atoms with Crippen LogP contribution in [0.5, 0.6) is 0 Å². The van der Waals surface area contributed by atoms with Crippen LogP contribution in [0.15, 0.2) is 44.4 Å². The Kier molecular flexibility index (Phi) is 3.50. The van der Waals surface area contributed by atoms with Crippen molar-refractivity contribution in [3.63, 3.8) is 0 Å². The molecule has 0 radical (unpaired) electrons. The van der Waals surface area contributed by atoms with Crippen molar-refractivity contribution in [1.29, 1.82) is 0 Å². The fourth-order valence-corrected chi connectivity index (χ4v) is 4.59. The number of thiophene rings is 1. The zero-order valence-electron chi connectivity index (χ0n) is 8.35. The number of hydrogen-bond acceptors (Lipinski definition) is 3. The van der Waals surface area contributed by atoms with Crippen LogP contribution in [0.3, 0.4) is 0 Å². The topological polar surface area (TPSA) is 46.2 Å². The monoisotopic (exact) mass is 335 g/mol. The third kappa shape index (κ3) is 2.85. The number of benzene rings is 1. The first kappa shape index (κ1) is 12.5. The third-order valence-electron chi connectivity index (χ3n) is 1.92. The van der Waals surface area contributed by atoms with Crippen LogP contribution in [0.2, 0.25) is 0 Å². The summed E-state index contributed by atoms with van der Waals surface area (Å²) in [6.45, 7) is 0. The van der Waals surface area contributed by atoms with Crippen LogP contribution in [-0.2, 0) is 10.0 Å². The molecule has 17 heavy (non-hydrogen) atoms. The Hall–Kier alpha value is -0.920. The van der Waals surface area contributed by atoms with Crippen LogP contribution in [-0.4, -0.2) is 8.42 Å². The lowest BCUT2D eigenvalue weighted by molar-refractivity contribution is 0.602. The molecule has 7 heteroatoms. The fourth-order valence-electron chi connectivity index (χ4n) is 1.19. The molecule has 1 N–H and O–H groups in total. The summed E-state index contributed by atoms with van der Waals surface area (Å²) in [5, 5.41) is 1.67. The van der Waals surface area contributed by atoms with E-state index in [0.717, 1.165) is 11.3 Å². The quantitative estimate of drug-likeness (QED) is 0.933. The average molecular weight is 336 g/mol. The molecule has 0 atom stereocenters. The van der Waals surface area contributed by atoms with E-state index in [2.05, 4.69) is 20.7 Å². The molecule has 0 saturated carbocycles. The second kappa shape index (κ2) is 4.75. The maximum Gasteiger partial charge on any atom is 0.272 e. The van der Waals surface area contributed by atoms with Crippen molar-refractivity contribution in [3.8, 4) is 0 Å². The number of sulfonamides is 1. The van der Waals surface area contributed by atoms with Crippen LogP contribution in [0.1, 0.15) is 0 Å². The Morgan fingerprint density at radius 1 is 1.18 bits per heavy atom. The summed E-state index contributed by atoms with van der Waals surface area (Å²) in [5.74, 6) is -0.412. The van der Waals surface area contributed by atoms with Gasteiger partial charge in [0, 0.05) is 10.2 Å². The Morgan fingerprint density at radius 2 is 1.82 bits per heavy atom. The van der Waals surface area contributed by atoms with Gasteiger partial charge in [-0.1, -0.05) is 0 Å². The van der Waals surface area contributed by atoms with E-state index in [-0.39, 0.29) is 4.21 Å². The average Bonchev–Trinajstić information content (AvgIpc) is 2.68. The molecule has 0 aliphatic heterocycles. The molecule has 1 aromatic carbocycles. The predicted molar refractivity (Wildman–Crippen MR) is 69.2 cm³/mol. The van der Waals surface area contributed by atoms with Crippen LogP contribution >= 0.6 is 27.3 Å². The van der Waals surface area contributed by atoms with Gasteiger partial charge in [0.1, 0.15) is 5.82 Å². The Balaban J connectivity index is 2.30.